The van der Waals surface area contributed by atoms with Crippen LogP contribution in [0, 0.1) is 6.92 Å². The molecule has 1 aromatic rings. The summed E-state index contributed by atoms with van der Waals surface area (Å²) < 4.78 is 0. The molecule has 0 bridgehead atoms. The van der Waals surface area contributed by atoms with Crippen molar-refractivity contribution in [2.24, 2.45) is 0 Å². The summed E-state index contributed by atoms with van der Waals surface area (Å²) >= 11 is 0. The maximum absolute atomic E-state index is 11.9. The Morgan fingerprint density at radius 1 is 1.39 bits per heavy atom. The molecule has 0 unspecified atom stereocenters. The van der Waals surface area contributed by atoms with Crippen molar-refractivity contribution in [3.63, 3.8) is 0 Å². The Morgan fingerprint density at radius 3 is 2.89 bits per heavy atom. The summed E-state index contributed by atoms with van der Waals surface area (Å²) in [4.78, 5) is 25.1. The summed E-state index contributed by atoms with van der Waals surface area (Å²) in [6.07, 6.45) is 1.51. The molecule has 1 aromatic carbocycles. The first-order valence-electron chi connectivity index (χ1n) is 6.24. The van der Waals surface area contributed by atoms with E-state index in [0.717, 1.165) is 24.2 Å². The molecule has 1 amide bonds. The zero-order chi connectivity index (χ0) is 13.0. The Labute approximate surface area is 107 Å². The number of hydrogen-bond donors (Lipinski definition) is 1. The number of carbonyl (C=O) groups is 2. The average molecular weight is 246 g/mol. The van der Waals surface area contributed by atoms with E-state index < -0.39 is 0 Å². The van der Waals surface area contributed by atoms with E-state index in [1.807, 2.05) is 36.1 Å². The number of anilines is 1. The van der Waals surface area contributed by atoms with E-state index in [1.165, 1.54) is 0 Å². The van der Waals surface area contributed by atoms with E-state index >= 15 is 0 Å². The van der Waals surface area contributed by atoms with E-state index in [2.05, 4.69) is 5.32 Å². The van der Waals surface area contributed by atoms with Gasteiger partial charge in [0.15, 0.2) is 0 Å². The first-order chi connectivity index (χ1) is 8.65. The number of nitrogens with one attached hydrogen (secondary N) is 1. The number of Topliss-reactive ketones (excluding diaryl/α,β-unsaturated/α-hetero) is 1. The van der Waals surface area contributed by atoms with Crippen molar-refractivity contribution < 1.29 is 9.59 Å². The maximum atomic E-state index is 11.9. The number of benzene rings is 1. The summed E-state index contributed by atoms with van der Waals surface area (Å²) in [7, 11) is 0. The smallest absolute Gasteiger partial charge is 0.238 e. The van der Waals surface area contributed by atoms with E-state index in [1.54, 1.807) is 0 Å². The highest BCUT2D eigenvalue weighted by Crippen LogP contribution is 2.13. The Bertz CT molecular complexity index is 457. The fourth-order valence-corrected chi connectivity index (χ4v) is 2.15. The largest absolute Gasteiger partial charge is 0.325 e. The van der Waals surface area contributed by atoms with Crippen LogP contribution in [0.15, 0.2) is 24.3 Å². The van der Waals surface area contributed by atoms with Crippen molar-refractivity contribution in [1.29, 1.82) is 0 Å². The van der Waals surface area contributed by atoms with Crippen LogP contribution in [0.1, 0.15) is 18.4 Å². The quantitative estimate of drug-likeness (QED) is 0.881. The van der Waals surface area contributed by atoms with Crippen LogP contribution in [0.5, 0.6) is 0 Å². The third-order valence-corrected chi connectivity index (χ3v) is 3.12. The summed E-state index contributed by atoms with van der Waals surface area (Å²) in [6, 6.07) is 7.68. The number of ketones is 1. The van der Waals surface area contributed by atoms with Crippen molar-refractivity contribution in [2.75, 3.05) is 25.0 Å². The second-order valence-corrected chi connectivity index (χ2v) is 4.72. The molecule has 0 radical (unpaired) electrons. The van der Waals surface area contributed by atoms with Gasteiger partial charge in [0.25, 0.3) is 0 Å². The van der Waals surface area contributed by atoms with E-state index in [-0.39, 0.29) is 11.7 Å². The molecule has 18 heavy (non-hydrogen) atoms. The summed E-state index contributed by atoms with van der Waals surface area (Å²) in [5.74, 6) is 0.170. The van der Waals surface area contributed by atoms with Gasteiger partial charge in [0.2, 0.25) is 5.91 Å². The minimum atomic E-state index is -0.0565. The van der Waals surface area contributed by atoms with Crippen LogP contribution in [0.3, 0.4) is 0 Å². The predicted molar refractivity (Wildman–Crippen MR) is 70.5 cm³/mol. The van der Waals surface area contributed by atoms with E-state index in [0.29, 0.717) is 19.5 Å². The van der Waals surface area contributed by atoms with Gasteiger partial charge >= 0.3 is 0 Å². The molecular formula is C14H18N2O2. The molecule has 4 nitrogen and oxygen atoms in total. The summed E-state index contributed by atoms with van der Waals surface area (Å²) in [5.41, 5.74) is 1.88. The molecule has 1 N–H and O–H groups in total. The fraction of sp³-hybridized carbons (Fsp3) is 0.429. The van der Waals surface area contributed by atoms with Gasteiger partial charge in [-0.05, 0) is 31.5 Å². The van der Waals surface area contributed by atoms with Crippen LogP contribution < -0.4 is 5.32 Å². The highest BCUT2D eigenvalue weighted by molar-refractivity contribution is 5.93. The molecule has 96 valence electrons. The SMILES string of the molecule is Cc1ccccc1NC(=O)CN1CCCC(=O)C1. The standard InChI is InChI=1S/C14H18N2O2/c1-11-5-2-3-7-13(11)15-14(18)10-16-8-4-6-12(17)9-16/h2-3,5,7H,4,6,8-10H2,1H3,(H,15,18). The second kappa shape index (κ2) is 5.78. The molecule has 0 atom stereocenters. The number of carbonyl (C=O) groups excluding carboxylic acids is 2. The lowest BCUT2D eigenvalue weighted by Gasteiger charge is -2.24. The van der Waals surface area contributed by atoms with Crippen LogP contribution in [-0.2, 0) is 9.59 Å². The number of hydrogen-bond acceptors (Lipinski definition) is 3. The Kier molecular flexibility index (Phi) is 4.10. The van der Waals surface area contributed by atoms with Crippen molar-refractivity contribution >= 4 is 17.4 Å². The number of rotatable bonds is 3. The zero-order valence-corrected chi connectivity index (χ0v) is 10.6. The van der Waals surface area contributed by atoms with Crippen molar-refractivity contribution in [3.8, 4) is 0 Å². The zero-order valence-electron chi connectivity index (χ0n) is 10.6. The van der Waals surface area contributed by atoms with Gasteiger partial charge < -0.3 is 5.32 Å². The molecule has 2 rings (SSSR count). The van der Waals surface area contributed by atoms with Crippen LogP contribution in [0.25, 0.3) is 0 Å². The number of amides is 1. The Hall–Kier alpha value is -1.68. The second-order valence-electron chi connectivity index (χ2n) is 4.72. The maximum Gasteiger partial charge on any atom is 0.238 e. The molecule has 0 saturated carbocycles. The lowest BCUT2D eigenvalue weighted by Crippen LogP contribution is -2.40. The number of aryl methyl sites for hydroxylation is 1. The molecule has 0 aromatic heterocycles. The van der Waals surface area contributed by atoms with Gasteiger partial charge in [0.05, 0.1) is 13.1 Å². The van der Waals surface area contributed by atoms with Gasteiger partial charge in [-0.15, -0.1) is 0 Å². The Morgan fingerprint density at radius 2 is 2.17 bits per heavy atom. The predicted octanol–water partition coefficient (Wildman–Crippen LogP) is 1.60. The van der Waals surface area contributed by atoms with Gasteiger partial charge in [-0.2, -0.15) is 0 Å². The van der Waals surface area contributed by atoms with Gasteiger partial charge in [0.1, 0.15) is 5.78 Å². The average Bonchev–Trinajstić information content (AvgIpc) is 2.32. The van der Waals surface area contributed by atoms with Crippen molar-refractivity contribution in [1.82, 2.24) is 4.90 Å². The van der Waals surface area contributed by atoms with Crippen LogP contribution in [-0.4, -0.2) is 36.2 Å². The molecule has 0 aliphatic carbocycles. The normalized spacial score (nSPS) is 16.6. The lowest BCUT2D eigenvalue weighted by atomic mass is 10.1. The van der Waals surface area contributed by atoms with Gasteiger partial charge in [-0.3, -0.25) is 14.5 Å². The summed E-state index contributed by atoms with van der Waals surface area (Å²) in [6.45, 7) is 3.48. The molecule has 1 aliphatic heterocycles. The first kappa shape index (κ1) is 12.8. The molecule has 0 spiro atoms. The third kappa shape index (κ3) is 3.40. The summed E-state index contributed by atoms with van der Waals surface area (Å²) in [5, 5.41) is 2.88. The van der Waals surface area contributed by atoms with Crippen LogP contribution in [0.2, 0.25) is 0 Å². The van der Waals surface area contributed by atoms with Gasteiger partial charge in [-0.25, -0.2) is 0 Å². The molecule has 1 aliphatic rings. The van der Waals surface area contributed by atoms with Crippen molar-refractivity contribution in [2.45, 2.75) is 19.8 Å². The number of para-hydroxylation sites is 1. The highest BCUT2D eigenvalue weighted by Gasteiger charge is 2.19. The minimum absolute atomic E-state index is 0.0565. The minimum Gasteiger partial charge on any atom is -0.325 e. The van der Waals surface area contributed by atoms with E-state index in [9.17, 15) is 9.59 Å². The topological polar surface area (TPSA) is 49.4 Å². The first-order valence-corrected chi connectivity index (χ1v) is 6.24. The molecular weight excluding hydrogens is 228 g/mol. The molecule has 4 heteroatoms. The van der Waals surface area contributed by atoms with E-state index in [4.69, 9.17) is 0 Å². The monoisotopic (exact) mass is 246 g/mol. The van der Waals surface area contributed by atoms with Crippen LogP contribution in [0.4, 0.5) is 5.69 Å². The molecule has 1 saturated heterocycles. The Balaban J connectivity index is 1.89. The molecule has 1 fully saturated rings. The van der Waals surface area contributed by atoms with Crippen LogP contribution >= 0.6 is 0 Å². The number of likely N-dealkylation sites (tertiary alicyclic amines) is 1. The van der Waals surface area contributed by atoms with Gasteiger partial charge in [-0.1, -0.05) is 18.2 Å². The number of nitrogens with zero attached hydrogens (tertiary/aromatic N) is 1. The fourth-order valence-electron chi connectivity index (χ4n) is 2.15. The molecule has 1 heterocycles. The highest BCUT2D eigenvalue weighted by atomic mass is 16.2. The lowest BCUT2D eigenvalue weighted by molar-refractivity contribution is -0.123. The number of piperidine rings is 1. The third-order valence-electron chi connectivity index (χ3n) is 3.12. The van der Waals surface area contributed by atoms with Gasteiger partial charge in [0, 0.05) is 12.1 Å². The van der Waals surface area contributed by atoms with Crippen molar-refractivity contribution in [3.05, 3.63) is 29.8 Å².